The molecule has 0 fully saturated rings. The van der Waals surface area contributed by atoms with E-state index in [0.717, 1.165) is 59.6 Å². The van der Waals surface area contributed by atoms with Crippen LogP contribution in [0.3, 0.4) is 0 Å². The average molecular weight is 417 g/mol. The normalized spacial score (nSPS) is 11.0. The molecule has 4 aromatic rings. The lowest BCUT2D eigenvalue weighted by Crippen LogP contribution is -2.07. The number of hydrogen-bond acceptors (Lipinski definition) is 4. The highest BCUT2D eigenvalue weighted by Gasteiger charge is 2.06. The van der Waals surface area contributed by atoms with E-state index in [0.29, 0.717) is 5.02 Å². The molecule has 2 heterocycles. The van der Waals surface area contributed by atoms with Crippen LogP contribution in [-0.2, 0) is 12.8 Å². The Morgan fingerprint density at radius 1 is 0.933 bits per heavy atom. The fourth-order valence-electron chi connectivity index (χ4n) is 3.56. The fourth-order valence-corrected chi connectivity index (χ4v) is 3.73. The zero-order chi connectivity index (χ0) is 20.9. The average Bonchev–Trinajstić information content (AvgIpc) is 2.72. The van der Waals surface area contributed by atoms with Gasteiger partial charge in [-0.1, -0.05) is 41.4 Å². The monoisotopic (exact) mass is 416 g/mol. The van der Waals surface area contributed by atoms with E-state index in [-0.39, 0.29) is 0 Å². The maximum atomic E-state index is 6.07. The van der Waals surface area contributed by atoms with Gasteiger partial charge in [0.1, 0.15) is 5.82 Å². The van der Waals surface area contributed by atoms with Crippen LogP contribution in [0.1, 0.15) is 34.8 Å². The first-order valence-corrected chi connectivity index (χ1v) is 10.6. The lowest BCUT2D eigenvalue weighted by atomic mass is 10.1. The van der Waals surface area contributed by atoms with Gasteiger partial charge in [-0.15, -0.1) is 0 Å². The van der Waals surface area contributed by atoms with Crippen LogP contribution in [0.25, 0.3) is 10.9 Å². The van der Waals surface area contributed by atoms with Crippen molar-refractivity contribution in [3.8, 4) is 0 Å². The molecule has 4 rings (SSSR count). The molecule has 30 heavy (non-hydrogen) atoms. The predicted octanol–water partition coefficient (Wildman–Crippen LogP) is 5.93. The van der Waals surface area contributed by atoms with Crippen LogP contribution in [0.4, 0.5) is 5.69 Å². The molecular formula is C25H25ClN4. The Morgan fingerprint density at radius 3 is 2.60 bits per heavy atom. The zero-order valence-electron chi connectivity index (χ0n) is 17.3. The number of hydrogen-bond donors (Lipinski definition) is 1. The molecule has 0 bridgehead atoms. The largest absolute Gasteiger partial charge is 0.384 e. The number of fused-ring (bicyclic) bond motifs is 1. The first kappa shape index (κ1) is 20.3. The number of aryl methyl sites for hydroxylation is 3. The summed E-state index contributed by atoms with van der Waals surface area (Å²) in [6.07, 6.45) is 4.43. The number of nitrogens with one attached hydrogen (secondary N) is 1. The second-order valence-corrected chi connectivity index (χ2v) is 8.07. The second-order valence-electron chi connectivity index (χ2n) is 7.63. The minimum atomic E-state index is 0.699. The van der Waals surface area contributed by atoms with Crippen molar-refractivity contribution in [1.82, 2.24) is 15.0 Å². The smallest absolute Gasteiger partial charge is 0.128 e. The minimum absolute atomic E-state index is 0.699. The van der Waals surface area contributed by atoms with Crippen LogP contribution in [0.2, 0.25) is 5.02 Å². The van der Waals surface area contributed by atoms with Gasteiger partial charge in [0.25, 0.3) is 0 Å². The second kappa shape index (κ2) is 9.23. The van der Waals surface area contributed by atoms with E-state index in [1.807, 2.05) is 37.4 Å². The Labute approximate surface area is 182 Å². The standard InChI is InChI=1S/C25H25ClN4/c1-17-5-7-19(8-6-17)15-21-14-18(2)29-25(30-21)4-3-12-27-23-11-13-28-24-16-20(26)9-10-22(23)24/h5-11,13-14,16H,3-4,12,15H2,1-2H3,(H,27,28). The Hall–Kier alpha value is -2.98. The lowest BCUT2D eigenvalue weighted by molar-refractivity contribution is 0.781. The third kappa shape index (κ3) is 5.14. The Bertz CT molecular complexity index is 1160. The molecule has 2 aromatic heterocycles. The van der Waals surface area contributed by atoms with Crippen LogP contribution in [0.5, 0.6) is 0 Å². The SMILES string of the molecule is Cc1ccc(Cc2cc(C)nc(CCCNc3ccnc4cc(Cl)ccc34)n2)cc1. The van der Waals surface area contributed by atoms with E-state index in [2.05, 4.69) is 52.5 Å². The predicted molar refractivity (Wildman–Crippen MR) is 124 cm³/mol. The molecule has 0 saturated heterocycles. The maximum Gasteiger partial charge on any atom is 0.128 e. The molecule has 0 aliphatic carbocycles. The topological polar surface area (TPSA) is 50.7 Å². The zero-order valence-corrected chi connectivity index (χ0v) is 18.1. The van der Waals surface area contributed by atoms with E-state index >= 15 is 0 Å². The highest BCUT2D eigenvalue weighted by molar-refractivity contribution is 6.31. The Balaban J connectivity index is 1.37. The van der Waals surface area contributed by atoms with Gasteiger partial charge in [0.05, 0.1) is 5.52 Å². The van der Waals surface area contributed by atoms with Crippen molar-refractivity contribution in [2.75, 3.05) is 11.9 Å². The van der Waals surface area contributed by atoms with Crippen molar-refractivity contribution >= 4 is 28.2 Å². The van der Waals surface area contributed by atoms with Crippen molar-refractivity contribution in [2.24, 2.45) is 0 Å². The summed E-state index contributed by atoms with van der Waals surface area (Å²) in [5.41, 5.74) is 6.61. The third-order valence-corrected chi connectivity index (χ3v) is 5.29. The van der Waals surface area contributed by atoms with Crippen molar-refractivity contribution in [3.63, 3.8) is 0 Å². The minimum Gasteiger partial charge on any atom is -0.384 e. The number of aromatic nitrogens is 3. The molecule has 0 radical (unpaired) electrons. The van der Waals surface area contributed by atoms with Crippen molar-refractivity contribution < 1.29 is 0 Å². The quantitative estimate of drug-likeness (QED) is 0.379. The molecule has 0 amide bonds. The molecule has 0 spiro atoms. The van der Waals surface area contributed by atoms with E-state index < -0.39 is 0 Å². The van der Waals surface area contributed by atoms with Gasteiger partial charge in [-0.2, -0.15) is 0 Å². The number of halogens is 1. The van der Waals surface area contributed by atoms with Crippen molar-refractivity contribution in [1.29, 1.82) is 0 Å². The highest BCUT2D eigenvalue weighted by Crippen LogP contribution is 2.24. The summed E-state index contributed by atoms with van der Waals surface area (Å²) in [6, 6.07) is 18.5. The summed E-state index contributed by atoms with van der Waals surface area (Å²) in [6.45, 7) is 4.98. The Morgan fingerprint density at radius 2 is 1.77 bits per heavy atom. The molecule has 0 aliphatic heterocycles. The van der Waals surface area contributed by atoms with Gasteiger partial charge in [-0.3, -0.25) is 4.98 Å². The molecule has 0 aliphatic rings. The van der Waals surface area contributed by atoms with Crippen molar-refractivity contribution in [3.05, 3.63) is 94.2 Å². The number of benzene rings is 2. The molecule has 1 N–H and O–H groups in total. The Kier molecular flexibility index (Phi) is 6.24. The van der Waals surface area contributed by atoms with Gasteiger partial charge in [0, 0.05) is 53.1 Å². The maximum absolute atomic E-state index is 6.07. The van der Waals surface area contributed by atoms with Crippen molar-refractivity contribution in [2.45, 2.75) is 33.1 Å². The molecule has 0 atom stereocenters. The number of pyridine rings is 1. The highest BCUT2D eigenvalue weighted by atomic mass is 35.5. The van der Waals surface area contributed by atoms with E-state index in [9.17, 15) is 0 Å². The number of anilines is 1. The molecule has 4 nitrogen and oxygen atoms in total. The number of rotatable bonds is 7. The first-order valence-electron chi connectivity index (χ1n) is 10.2. The van der Waals surface area contributed by atoms with Crippen LogP contribution in [0.15, 0.2) is 60.8 Å². The van der Waals surface area contributed by atoms with E-state index in [1.54, 1.807) is 0 Å². The summed E-state index contributed by atoms with van der Waals surface area (Å²) < 4.78 is 0. The third-order valence-electron chi connectivity index (χ3n) is 5.06. The molecule has 2 aromatic carbocycles. The summed E-state index contributed by atoms with van der Waals surface area (Å²) >= 11 is 6.07. The van der Waals surface area contributed by atoms with E-state index in [4.69, 9.17) is 16.6 Å². The van der Waals surface area contributed by atoms with Crippen LogP contribution in [0, 0.1) is 13.8 Å². The van der Waals surface area contributed by atoms with Gasteiger partial charge >= 0.3 is 0 Å². The van der Waals surface area contributed by atoms with Crippen LogP contribution in [-0.4, -0.2) is 21.5 Å². The fraction of sp³-hybridized carbons (Fsp3) is 0.240. The van der Waals surface area contributed by atoms with Crippen LogP contribution >= 0.6 is 11.6 Å². The van der Waals surface area contributed by atoms with Gasteiger partial charge in [-0.25, -0.2) is 9.97 Å². The van der Waals surface area contributed by atoms with Gasteiger partial charge in [-0.05, 0) is 56.2 Å². The van der Waals surface area contributed by atoms with Crippen LogP contribution < -0.4 is 5.32 Å². The molecular weight excluding hydrogens is 392 g/mol. The van der Waals surface area contributed by atoms with E-state index in [1.165, 1.54) is 11.1 Å². The lowest BCUT2D eigenvalue weighted by Gasteiger charge is -2.10. The molecule has 152 valence electrons. The first-order chi connectivity index (χ1) is 14.6. The summed E-state index contributed by atoms with van der Waals surface area (Å²) in [4.78, 5) is 13.8. The summed E-state index contributed by atoms with van der Waals surface area (Å²) in [5.74, 6) is 0.908. The molecule has 0 unspecified atom stereocenters. The van der Waals surface area contributed by atoms with Gasteiger partial charge < -0.3 is 5.32 Å². The van der Waals surface area contributed by atoms with Gasteiger partial charge in [0.15, 0.2) is 0 Å². The summed E-state index contributed by atoms with van der Waals surface area (Å²) in [5, 5.41) is 5.29. The molecule has 0 saturated carbocycles. The summed E-state index contributed by atoms with van der Waals surface area (Å²) in [7, 11) is 0. The van der Waals surface area contributed by atoms with Gasteiger partial charge in [0.2, 0.25) is 0 Å². The number of nitrogens with zero attached hydrogens (tertiary/aromatic N) is 3. The molecule has 5 heteroatoms.